The summed E-state index contributed by atoms with van der Waals surface area (Å²) in [7, 11) is 1.49. The number of nitrogens with one attached hydrogen (secondary N) is 1. The van der Waals surface area contributed by atoms with Gasteiger partial charge in [-0.25, -0.2) is 4.98 Å². The molecule has 0 aliphatic heterocycles. The van der Waals surface area contributed by atoms with Gasteiger partial charge < -0.3 is 19.4 Å². The lowest BCUT2D eigenvalue weighted by molar-refractivity contribution is -0.123. The molecule has 3 rings (SSSR count). The third-order valence-corrected chi connectivity index (χ3v) is 4.22. The van der Waals surface area contributed by atoms with E-state index in [1.54, 1.807) is 30.7 Å². The number of ether oxygens (including phenoxy) is 2. The first-order chi connectivity index (χ1) is 13.6. The van der Waals surface area contributed by atoms with Crippen molar-refractivity contribution >= 4 is 5.91 Å². The highest BCUT2D eigenvalue weighted by molar-refractivity contribution is 5.78. The number of hydrogen-bond donors (Lipinski definition) is 1. The van der Waals surface area contributed by atoms with Crippen LogP contribution >= 0.6 is 0 Å². The maximum atomic E-state index is 12.2. The van der Waals surface area contributed by atoms with E-state index < -0.39 is 0 Å². The van der Waals surface area contributed by atoms with Crippen LogP contribution in [0.4, 0.5) is 0 Å². The van der Waals surface area contributed by atoms with Crippen molar-refractivity contribution < 1.29 is 14.3 Å². The van der Waals surface area contributed by atoms with Gasteiger partial charge in [0.15, 0.2) is 18.1 Å². The maximum absolute atomic E-state index is 12.2. The van der Waals surface area contributed by atoms with Gasteiger partial charge in [0.25, 0.3) is 5.91 Å². The second-order valence-corrected chi connectivity index (χ2v) is 6.12. The predicted molar refractivity (Wildman–Crippen MR) is 103 cm³/mol. The number of hydrogen-bond acceptors (Lipinski definition) is 5. The normalized spacial score (nSPS) is 11.3. The Labute approximate surface area is 163 Å². The zero-order valence-corrected chi connectivity index (χ0v) is 15.6. The SMILES string of the molecule is COc1cc(C#N)ccc1OCC(=O)NC(C)c1ccc(-n2ccnc2)cc1. The largest absolute Gasteiger partial charge is 0.493 e. The smallest absolute Gasteiger partial charge is 0.258 e. The third-order valence-electron chi connectivity index (χ3n) is 4.22. The van der Waals surface area contributed by atoms with Crippen molar-refractivity contribution in [3.05, 3.63) is 72.3 Å². The summed E-state index contributed by atoms with van der Waals surface area (Å²) in [6, 6.07) is 14.5. The summed E-state index contributed by atoms with van der Waals surface area (Å²) >= 11 is 0. The molecule has 0 saturated carbocycles. The van der Waals surface area contributed by atoms with Crippen LogP contribution in [0.1, 0.15) is 24.1 Å². The van der Waals surface area contributed by atoms with Crippen molar-refractivity contribution in [3.63, 3.8) is 0 Å². The van der Waals surface area contributed by atoms with Gasteiger partial charge in [0.2, 0.25) is 0 Å². The molecule has 1 atom stereocenters. The minimum Gasteiger partial charge on any atom is -0.493 e. The molecular formula is C21H20N4O3. The van der Waals surface area contributed by atoms with E-state index in [0.29, 0.717) is 17.1 Å². The van der Waals surface area contributed by atoms with Gasteiger partial charge in [-0.3, -0.25) is 4.79 Å². The van der Waals surface area contributed by atoms with E-state index in [2.05, 4.69) is 10.3 Å². The van der Waals surface area contributed by atoms with Gasteiger partial charge in [-0.1, -0.05) is 12.1 Å². The number of imidazole rings is 1. The molecule has 28 heavy (non-hydrogen) atoms. The molecule has 2 aromatic carbocycles. The number of aromatic nitrogens is 2. The van der Waals surface area contributed by atoms with Crippen molar-refractivity contribution in [2.75, 3.05) is 13.7 Å². The van der Waals surface area contributed by atoms with Gasteiger partial charge in [-0.2, -0.15) is 5.26 Å². The van der Waals surface area contributed by atoms with E-state index in [0.717, 1.165) is 11.3 Å². The van der Waals surface area contributed by atoms with Gasteiger partial charge >= 0.3 is 0 Å². The van der Waals surface area contributed by atoms with Gasteiger partial charge in [-0.05, 0) is 36.8 Å². The lowest BCUT2D eigenvalue weighted by atomic mass is 10.1. The fourth-order valence-corrected chi connectivity index (χ4v) is 2.71. The van der Waals surface area contributed by atoms with Crippen LogP contribution in [0.3, 0.4) is 0 Å². The standard InChI is InChI=1S/C21H20N4O3/c1-15(17-4-6-18(7-5-17)25-10-9-23-14-25)24-21(26)13-28-19-8-3-16(12-22)11-20(19)27-2/h3-11,14-15H,13H2,1-2H3,(H,24,26). The molecule has 1 amide bonds. The molecule has 0 aliphatic carbocycles. The lowest BCUT2D eigenvalue weighted by Gasteiger charge is -2.16. The summed E-state index contributed by atoms with van der Waals surface area (Å²) < 4.78 is 12.6. The Hall–Kier alpha value is -3.79. The van der Waals surface area contributed by atoms with E-state index in [1.165, 1.54) is 7.11 Å². The van der Waals surface area contributed by atoms with Crippen LogP contribution in [0.2, 0.25) is 0 Å². The van der Waals surface area contributed by atoms with E-state index in [4.69, 9.17) is 14.7 Å². The molecule has 0 aliphatic rings. The van der Waals surface area contributed by atoms with Gasteiger partial charge in [-0.15, -0.1) is 0 Å². The minimum atomic E-state index is -0.252. The quantitative estimate of drug-likeness (QED) is 0.685. The Morgan fingerprint density at radius 3 is 2.68 bits per heavy atom. The predicted octanol–water partition coefficient (Wildman–Crippen LogP) is 3.01. The first-order valence-corrected chi connectivity index (χ1v) is 8.69. The second-order valence-electron chi connectivity index (χ2n) is 6.12. The van der Waals surface area contributed by atoms with Gasteiger partial charge in [0.05, 0.1) is 31.1 Å². The number of benzene rings is 2. The Kier molecular flexibility index (Phi) is 5.92. The zero-order valence-electron chi connectivity index (χ0n) is 15.6. The summed E-state index contributed by atoms with van der Waals surface area (Å²) in [5, 5.41) is 11.8. The van der Waals surface area contributed by atoms with E-state index >= 15 is 0 Å². The minimum absolute atomic E-state index is 0.153. The van der Waals surface area contributed by atoms with Crippen LogP contribution < -0.4 is 14.8 Å². The first kappa shape index (κ1) is 19.0. The van der Waals surface area contributed by atoms with Crippen molar-refractivity contribution in [1.29, 1.82) is 5.26 Å². The van der Waals surface area contributed by atoms with Crippen molar-refractivity contribution in [2.45, 2.75) is 13.0 Å². The van der Waals surface area contributed by atoms with Crippen LogP contribution in [-0.2, 0) is 4.79 Å². The highest BCUT2D eigenvalue weighted by Crippen LogP contribution is 2.27. The van der Waals surface area contributed by atoms with Crippen molar-refractivity contribution in [1.82, 2.24) is 14.9 Å². The molecule has 0 radical (unpaired) electrons. The maximum Gasteiger partial charge on any atom is 0.258 e. The number of amides is 1. The van der Waals surface area contributed by atoms with Gasteiger partial charge in [0.1, 0.15) is 0 Å². The van der Waals surface area contributed by atoms with Crippen LogP contribution in [0.5, 0.6) is 11.5 Å². The number of methoxy groups -OCH3 is 1. The number of rotatable bonds is 7. The Morgan fingerprint density at radius 2 is 2.04 bits per heavy atom. The van der Waals surface area contributed by atoms with E-state index in [-0.39, 0.29) is 18.6 Å². The number of nitrogens with zero attached hydrogens (tertiary/aromatic N) is 3. The first-order valence-electron chi connectivity index (χ1n) is 8.69. The molecule has 142 valence electrons. The molecule has 3 aromatic rings. The van der Waals surface area contributed by atoms with Crippen LogP contribution in [0.15, 0.2) is 61.2 Å². The third kappa shape index (κ3) is 4.48. The van der Waals surface area contributed by atoms with Crippen molar-refractivity contribution in [2.24, 2.45) is 0 Å². The number of carbonyl (C=O) groups excluding carboxylic acids is 1. The summed E-state index contributed by atoms with van der Waals surface area (Å²) in [6.07, 6.45) is 5.32. The molecule has 0 spiro atoms. The molecule has 0 bridgehead atoms. The highest BCUT2D eigenvalue weighted by Gasteiger charge is 2.12. The molecule has 0 saturated heterocycles. The Balaban J connectivity index is 1.57. The summed E-state index contributed by atoms with van der Waals surface area (Å²) in [5.41, 5.74) is 2.44. The summed E-state index contributed by atoms with van der Waals surface area (Å²) in [5.74, 6) is 0.571. The molecule has 1 unspecified atom stereocenters. The van der Waals surface area contributed by atoms with E-state index in [9.17, 15) is 4.79 Å². The average molecular weight is 376 g/mol. The van der Waals surface area contributed by atoms with E-state index in [1.807, 2.05) is 48.0 Å². The summed E-state index contributed by atoms with van der Waals surface area (Å²) in [6.45, 7) is 1.76. The number of carbonyl (C=O) groups is 1. The molecule has 7 nitrogen and oxygen atoms in total. The van der Waals surface area contributed by atoms with Crippen LogP contribution in [-0.4, -0.2) is 29.2 Å². The topological polar surface area (TPSA) is 89.2 Å². The number of nitriles is 1. The molecular weight excluding hydrogens is 356 g/mol. The van der Waals surface area contributed by atoms with Crippen LogP contribution in [0, 0.1) is 11.3 Å². The fraction of sp³-hybridized carbons (Fsp3) is 0.190. The van der Waals surface area contributed by atoms with Crippen molar-refractivity contribution in [3.8, 4) is 23.3 Å². The highest BCUT2D eigenvalue weighted by atomic mass is 16.5. The monoisotopic (exact) mass is 376 g/mol. The molecule has 0 fully saturated rings. The molecule has 1 heterocycles. The average Bonchev–Trinajstić information content (AvgIpc) is 3.27. The fourth-order valence-electron chi connectivity index (χ4n) is 2.71. The Bertz CT molecular complexity index is 976. The zero-order chi connectivity index (χ0) is 19.9. The molecule has 1 N–H and O–H groups in total. The van der Waals surface area contributed by atoms with Gasteiger partial charge in [0, 0.05) is 24.1 Å². The second kappa shape index (κ2) is 8.73. The Morgan fingerprint density at radius 1 is 1.25 bits per heavy atom. The van der Waals surface area contributed by atoms with Crippen LogP contribution in [0.25, 0.3) is 5.69 Å². The molecule has 7 heteroatoms. The molecule has 1 aromatic heterocycles. The lowest BCUT2D eigenvalue weighted by Crippen LogP contribution is -2.31. The summed E-state index contributed by atoms with van der Waals surface area (Å²) in [4.78, 5) is 16.3.